The third-order valence-corrected chi connectivity index (χ3v) is 4.48. The van der Waals surface area contributed by atoms with E-state index in [2.05, 4.69) is 5.32 Å². The van der Waals surface area contributed by atoms with Gasteiger partial charge >= 0.3 is 0 Å². The molecule has 0 atom stereocenters. The van der Waals surface area contributed by atoms with E-state index in [4.69, 9.17) is 16.7 Å². The van der Waals surface area contributed by atoms with E-state index in [0.717, 1.165) is 5.56 Å². The SMILES string of the molecule is C/C(=C\C(=O)c1ccc(Cl)cc1)NCc1ccc(S(N)(=O)=O)cc1. The second-order valence-electron chi connectivity index (χ2n) is 5.24. The molecule has 0 aliphatic carbocycles. The van der Waals surface area contributed by atoms with Gasteiger partial charge in [0.2, 0.25) is 10.0 Å². The van der Waals surface area contributed by atoms with E-state index >= 15 is 0 Å². The van der Waals surface area contributed by atoms with Crippen LogP contribution in [0.2, 0.25) is 5.02 Å². The fourth-order valence-electron chi connectivity index (χ4n) is 1.98. The number of primary sulfonamides is 1. The van der Waals surface area contributed by atoms with Crippen molar-refractivity contribution in [2.45, 2.75) is 18.4 Å². The van der Waals surface area contributed by atoms with Gasteiger partial charge in [0.05, 0.1) is 4.90 Å². The molecule has 0 bridgehead atoms. The number of hydrogen-bond donors (Lipinski definition) is 2. The summed E-state index contributed by atoms with van der Waals surface area (Å²) in [6, 6.07) is 12.9. The van der Waals surface area contributed by atoms with Gasteiger partial charge in [0, 0.05) is 28.9 Å². The number of nitrogens with one attached hydrogen (secondary N) is 1. The Bertz CT molecular complexity index is 858. The molecule has 2 aromatic rings. The molecule has 2 aromatic carbocycles. The van der Waals surface area contributed by atoms with Crippen molar-refractivity contribution in [3.8, 4) is 0 Å². The average Bonchev–Trinajstić information content (AvgIpc) is 2.53. The molecule has 0 aliphatic rings. The summed E-state index contributed by atoms with van der Waals surface area (Å²) in [7, 11) is -3.69. The molecule has 0 unspecified atom stereocenters. The van der Waals surface area contributed by atoms with Gasteiger partial charge in [-0.15, -0.1) is 0 Å². The number of benzene rings is 2. The molecule has 0 radical (unpaired) electrons. The van der Waals surface area contributed by atoms with E-state index in [0.29, 0.717) is 22.8 Å². The molecule has 0 aromatic heterocycles. The smallest absolute Gasteiger partial charge is 0.238 e. The van der Waals surface area contributed by atoms with Crippen LogP contribution in [0.5, 0.6) is 0 Å². The van der Waals surface area contributed by atoms with E-state index in [1.807, 2.05) is 0 Å². The number of hydrogen-bond acceptors (Lipinski definition) is 4. The maximum Gasteiger partial charge on any atom is 0.238 e. The molecule has 5 nitrogen and oxygen atoms in total. The summed E-state index contributed by atoms with van der Waals surface area (Å²) in [5.74, 6) is -0.124. The average molecular weight is 365 g/mol. The van der Waals surface area contributed by atoms with E-state index in [1.54, 1.807) is 43.3 Å². The maximum absolute atomic E-state index is 12.1. The predicted molar refractivity (Wildman–Crippen MR) is 94.2 cm³/mol. The van der Waals surface area contributed by atoms with Crippen molar-refractivity contribution in [1.29, 1.82) is 0 Å². The lowest BCUT2D eigenvalue weighted by Gasteiger charge is -2.07. The van der Waals surface area contributed by atoms with E-state index < -0.39 is 10.0 Å². The number of halogens is 1. The van der Waals surface area contributed by atoms with Crippen LogP contribution in [0.25, 0.3) is 0 Å². The van der Waals surface area contributed by atoms with Crippen molar-refractivity contribution in [2.75, 3.05) is 0 Å². The number of carbonyl (C=O) groups excluding carboxylic acids is 1. The zero-order chi connectivity index (χ0) is 17.7. The summed E-state index contributed by atoms with van der Waals surface area (Å²) in [6.07, 6.45) is 1.50. The Kier molecular flexibility index (Phi) is 5.77. The molecule has 0 aliphatic heterocycles. The van der Waals surface area contributed by atoms with Crippen molar-refractivity contribution in [2.24, 2.45) is 5.14 Å². The normalized spacial score (nSPS) is 12.0. The lowest BCUT2D eigenvalue weighted by molar-refractivity contribution is 0.104. The second kappa shape index (κ2) is 7.61. The second-order valence-corrected chi connectivity index (χ2v) is 7.24. The Hall–Kier alpha value is -2.15. The maximum atomic E-state index is 12.1. The van der Waals surface area contributed by atoms with Gasteiger partial charge in [0.1, 0.15) is 0 Å². The quantitative estimate of drug-likeness (QED) is 0.609. The van der Waals surface area contributed by atoms with Gasteiger partial charge in [-0.2, -0.15) is 0 Å². The molecule has 3 N–H and O–H groups in total. The third kappa shape index (κ3) is 5.19. The Balaban J connectivity index is 1.98. The molecular formula is C17H17ClN2O3S. The summed E-state index contributed by atoms with van der Waals surface area (Å²) >= 11 is 5.79. The van der Waals surface area contributed by atoms with Gasteiger partial charge < -0.3 is 5.32 Å². The fourth-order valence-corrected chi connectivity index (χ4v) is 2.63. The Morgan fingerprint density at radius 1 is 1.12 bits per heavy atom. The fraction of sp³-hybridized carbons (Fsp3) is 0.118. The summed E-state index contributed by atoms with van der Waals surface area (Å²) in [4.78, 5) is 12.2. The molecule has 0 saturated carbocycles. The monoisotopic (exact) mass is 364 g/mol. The lowest BCUT2D eigenvalue weighted by Crippen LogP contribution is -2.14. The van der Waals surface area contributed by atoms with Gasteiger partial charge in [-0.1, -0.05) is 23.7 Å². The number of nitrogens with two attached hydrogens (primary N) is 1. The molecule has 0 fully saturated rings. The summed E-state index contributed by atoms with van der Waals surface area (Å²) in [6.45, 7) is 2.24. The van der Waals surface area contributed by atoms with Gasteiger partial charge in [-0.05, 0) is 48.9 Å². The Morgan fingerprint density at radius 2 is 1.71 bits per heavy atom. The summed E-state index contributed by atoms with van der Waals surface area (Å²) in [5.41, 5.74) is 2.12. The van der Waals surface area contributed by atoms with Gasteiger partial charge in [0.15, 0.2) is 5.78 Å². The van der Waals surface area contributed by atoms with Crippen LogP contribution in [-0.4, -0.2) is 14.2 Å². The summed E-state index contributed by atoms with van der Waals surface area (Å²) in [5, 5.41) is 8.73. The molecule has 7 heteroatoms. The minimum Gasteiger partial charge on any atom is -0.384 e. The zero-order valence-corrected chi connectivity index (χ0v) is 14.6. The molecule has 24 heavy (non-hydrogen) atoms. The zero-order valence-electron chi connectivity index (χ0n) is 13.0. The van der Waals surface area contributed by atoms with E-state index in [-0.39, 0.29) is 10.7 Å². The minimum absolute atomic E-state index is 0.0661. The molecular weight excluding hydrogens is 348 g/mol. The lowest BCUT2D eigenvalue weighted by atomic mass is 10.1. The van der Waals surface area contributed by atoms with Crippen LogP contribution < -0.4 is 10.5 Å². The number of carbonyl (C=O) groups is 1. The first-order chi connectivity index (χ1) is 11.3. The Morgan fingerprint density at radius 3 is 2.25 bits per heavy atom. The van der Waals surface area contributed by atoms with E-state index in [9.17, 15) is 13.2 Å². The summed E-state index contributed by atoms with van der Waals surface area (Å²) < 4.78 is 22.4. The number of allylic oxidation sites excluding steroid dienone is 2. The van der Waals surface area contributed by atoms with E-state index in [1.165, 1.54) is 18.2 Å². The standard InChI is InChI=1S/C17H17ClN2O3S/c1-12(10-17(21)14-4-6-15(18)7-5-14)20-11-13-2-8-16(9-3-13)24(19,22)23/h2-10,20H,11H2,1H3,(H2,19,22,23)/b12-10+. The number of rotatable bonds is 6. The molecule has 0 saturated heterocycles. The van der Waals surface area contributed by atoms with Gasteiger partial charge in [-0.25, -0.2) is 13.6 Å². The largest absolute Gasteiger partial charge is 0.384 e. The minimum atomic E-state index is -3.69. The Labute approximate surface area is 146 Å². The van der Waals surface area contributed by atoms with Crippen LogP contribution in [0.1, 0.15) is 22.8 Å². The van der Waals surface area contributed by atoms with Crippen LogP contribution in [0.4, 0.5) is 0 Å². The van der Waals surface area contributed by atoms with Gasteiger partial charge in [-0.3, -0.25) is 4.79 Å². The molecule has 126 valence electrons. The van der Waals surface area contributed by atoms with Crippen molar-refractivity contribution >= 4 is 27.4 Å². The molecule has 2 rings (SSSR count). The van der Waals surface area contributed by atoms with Crippen LogP contribution in [0, 0.1) is 0 Å². The highest BCUT2D eigenvalue weighted by molar-refractivity contribution is 7.89. The predicted octanol–water partition coefficient (Wildman–Crippen LogP) is 2.86. The van der Waals surface area contributed by atoms with Crippen LogP contribution in [-0.2, 0) is 16.6 Å². The van der Waals surface area contributed by atoms with Crippen molar-refractivity contribution in [3.63, 3.8) is 0 Å². The highest BCUT2D eigenvalue weighted by Crippen LogP contribution is 2.11. The highest BCUT2D eigenvalue weighted by Gasteiger charge is 2.07. The van der Waals surface area contributed by atoms with Crippen LogP contribution in [0.15, 0.2) is 65.2 Å². The van der Waals surface area contributed by atoms with Crippen molar-refractivity contribution < 1.29 is 13.2 Å². The first-order valence-electron chi connectivity index (χ1n) is 7.09. The third-order valence-electron chi connectivity index (χ3n) is 3.30. The number of sulfonamides is 1. The van der Waals surface area contributed by atoms with Crippen molar-refractivity contribution in [3.05, 3.63) is 76.5 Å². The topological polar surface area (TPSA) is 89.3 Å². The van der Waals surface area contributed by atoms with Crippen molar-refractivity contribution in [1.82, 2.24) is 5.32 Å². The molecule has 0 heterocycles. The van der Waals surface area contributed by atoms with Crippen LogP contribution >= 0.6 is 11.6 Å². The highest BCUT2D eigenvalue weighted by atomic mass is 35.5. The molecule has 0 amide bonds. The molecule has 0 spiro atoms. The first-order valence-corrected chi connectivity index (χ1v) is 9.02. The number of ketones is 1. The van der Waals surface area contributed by atoms with Crippen LogP contribution in [0.3, 0.4) is 0 Å². The first kappa shape index (κ1) is 18.2. The van der Waals surface area contributed by atoms with Gasteiger partial charge in [0.25, 0.3) is 0 Å².